The van der Waals surface area contributed by atoms with Gasteiger partial charge in [-0.15, -0.1) is 0 Å². The lowest BCUT2D eigenvalue weighted by Crippen LogP contribution is -2.04. The number of hydrogen-bond donors (Lipinski definition) is 2. The molecule has 0 aliphatic carbocycles. The van der Waals surface area contributed by atoms with Crippen molar-refractivity contribution in [3.05, 3.63) is 76.6 Å². The van der Waals surface area contributed by atoms with Gasteiger partial charge in [-0.05, 0) is 48.7 Å². The summed E-state index contributed by atoms with van der Waals surface area (Å²) in [5, 5.41) is 4.27. The molecule has 0 saturated heterocycles. The van der Waals surface area contributed by atoms with Crippen LogP contribution < -0.4 is 5.32 Å². The van der Waals surface area contributed by atoms with E-state index >= 15 is 0 Å². The molecule has 2 N–H and O–H groups in total. The number of aryl methyl sites for hydroxylation is 1. The Labute approximate surface area is 157 Å². The van der Waals surface area contributed by atoms with E-state index in [-0.39, 0.29) is 0 Å². The summed E-state index contributed by atoms with van der Waals surface area (Å²) >= 11 is 5.99. The molecule has 5 nitrogen and oxygen atoms in total. The molecule has 0 bridgehead atoms. The molecule has 4 aromatic rings. The number of fused-ring (bicyclic) bond motifs is 1. The van der Waals surface area contributed by atoms with Gasteiger partial charge in [0.15, 0.2) is 0 Å². The maximum Gasteiger partial charge on any atom is 0.112 e. The third kappa shape index (κ3) is 3.18. The summed E-state index contributed by atoms with van der Waals surface area (Å²) in [6.45, 7) is 5.71. The second-order valence-electron chi connectivity index (χ2n) is 6.49. The van der Waals surface area contributed by atoms with Crippen molar-refractivity contribution in [1.82, 2.24) is 19.5 Å². The van der Waals surface area contributed by atoms with Crippen LogP contribution in [0.5, 0.6) is 0 Å². The van der Waals surface area contributed by atoms with Gasteiger partial charge < -0.3 is 14.9 Å². The predicted molar refractivity (Wildman–Crippen MR) is 106 cm³/mol. The van der Waals surface area contributed by atoms with Crippen LogP contribution in [0, 0.1) is 13.8 Å². The van der Waals surface area contributed by atoms with Crippen LogP contribution in [0.1, 0.15) is 22.4 Å². The highest BCUT2D eigenvalue weighted by Crippen LogP contribution is 2.30. The number of aromatic nitrogens is 4. The smallest absolute Gasteiger partial charge is 0.112 e. The summed E-state index contributed by atoms with van der Waals surface area (Å²) in [5.74, 6) is 0. The number of anilines is 1. The first-order valence-corrected chi connectivity index (χ1v) is 8.90. The molecule has 0 amide bonds. The van der Waals surface area contributed by atoms with Crippen molar-refractivity contribution in [2.75, 3.05) is 5.32 Å². The Hall–Kier alpha value is -2.79. The first kappa shape index (κ1) is 16.7. The molecule has 0 unspecified atom stereocenters. The Morgan fingerprint density at radius 3 is 2.73 bits per heavy atom. The van der Waals surface area contributed by atoms with E-state index < -0.39 is 0 Å². The van der Waals surface area contributed by atoms with Crippen LogP contribution in [0.25, 0.3) is 11.0 Å². The molecular weight excluding hydrogens is 346 g/mol. The molecule has 0 saturated carbocycles. The lowest BCUT2D eigenvalue weighted by Gasteiger charge is -2.13. The fourth-order valence-electron chi connectivity index (χ4n) is 3.12. The largest absolute Gasteiger partial charge is 0.377 e. The number of rotatable bonds is 5. The standard InChI is InChI=1S/C20H20ClN5/c1-13-7-18-20(19(14(13)2)23-9-17-8-22-11-24-17)25-12-26(18)10-15-3-5-16(21)6-4-15/h3-8,11-12,23H,9-10H2,1-2H3,(H,22,24). The number of halogens is 1. The molecular formula is C20H20ClN5. The zero-order valence-corrected chi connectivity index (χ0v) is 15.5. The van der Waals surface area contributed by atoms with Gasteiger partial charge in [-0.2, -0.15) is 0 Å². The first-order chi connectivity index (χ1) is 12.6. The van der Waals surface area contributed by atoms with E-state index in [0.29, 0.717) is 6.54 Å². The third-order valence-electron chi connectivity index (χ3n) is 4.71. The van der Waals surface area contributed by atoms with Crippen LogP contribution in [0.15, 0.2) is 49.2 Å². The van der Waals surface area contributed by atoms with Crippen LogP contribution >= 0.6 is 11.6 Å². The number of benzene rings is 2. The van der Waals surface area contributed by atoms with E-state index in [9.17, 15) is 0 Å². The van der Waals surface area contributed by atoms with Crippen molar-refractivity contribution in [2.24, 2.45) is 0 Å². The van der Waals surface area contributed by atoms with E-state index in [0.717, 1.165) is 34.0 Å². The second kappa shape index (κ2) is 6.84. The Morgan fingerprint density at radius 1 is 1.19 bits per heavy atom. The normalized spacial score (nSPS) is 11.2. The molecule has 0 aliphatic rings. The van der Waals surface area contributed by atoms with Gasteiger partial charge in [0.25, 0.3) is 0 Å². The maximum atomic E-state index is 5.99. The van der Waals surface area contributed by atoms with Crippen molar-refractivity contribution in [3.63, 3.8) is 0 Å². The minimum Gasteiger partial charge on any atom is -0.377 e. The fourth-order valence-corrected chi connectivity index (χ4v) is 3.24. The van der Waals surface area contributed by atoms with Crippen LogP contribution in [0.2, 0.25) is 5.02 Å². The SMILES string of the molecule is Cc1cc2c(ncn2Cc2ccc(Cl)cc2)c(NCc2cnc[nH]2)c1C. The van der Waals surface area contributed by atoms with Crippen molar-refractivity contribution >= 4 is 28.3 Å². The van der Waals surface area contributed by atoms with Crippen molar-refractivity contribution < 1.29 is 0 Å². The number of hydrogen-bond acceptors (Lipinski definition) is 3. The Morgan fingerprint density at radius 2 is 2.00 bits per heavy atom. The molecule has 4 rings (SSSR count). The van der Waals surface area contributed by atoms with Crippen molar-refractivity contribution in [1.29, 1.82) is 0 Å². The number of aromatic amines is 1. The monoisotopic (exact) mass is 365 g/mol. The summed E-state index contributed by atoms with van der Waals surface area (Å²) in [7, 11) is 0. The first-order valence-electron chi connectivity index (χ1n) is 8.52. The van der Waals surface area contributed by atoms with Crippen LogP contribution in [-0.4, -0.2) is 19.5 Å². The highest BCUT2D eigenvalue weighted by Gasteiger charge is 2.13. The van der Waals surface area contributed by atoms with Crippen molar-refractivity contribution in [3.8, 4) is 0 Å². The average molecular weight is 366 g/mol. The molecule has 2 aromatic heterocycles. The summed E-state index contributed by atoms with van der Waals surface area (Å²) in [5.41, 5.74) is 7.87. The minimum atomic E-state index is 0.684. The van der Waals surface area contributed by atoms with Gasteiger partial charge in [0.05, 0.1) is 36.1 Å². The van der Waals surface area contributed by atoms with Gasteiger partial charge >= 0.3 is 0 Å². The third-order valence-corrected chi connectivity index (χ3v) is 4.96. The quantitative estimate of drug-likeness (QED) is 0.539. The molecule has 2 aromatic carbocycles. The Balaban J connectivity index is 1.69. The molecule has 0 aliphatic heterocycles. The highest BCUT2D eigenvalue weighted by molar-refractivity contribution is 6.30. The molecule has 0 spiro atoms. The topological polar surface area (TPSA) is 58.5 Å². The maximum absolute atomic E-state index is 5.99. The molecule has 0 radical (unpaired) electrons. The zero-order valence-electron chi connectivity index (χ0n) is 14.8. The molecule has 0 fully saturated rings. The molecule has 26 heavy (non-hydrogen) atoms. The molecule has 0 atom stereocenters. The number of nitrogens with zero attached hydrogens (tertiary/aromatic N) is 3. The van der Waals surface area contributed by atoms with E-state index in [1.165, 1.54) is 16.7 Å². The average Bonchev–Trinajstić information content (AvgIpc) is 3.28. The van der Waals surface area contributed by atoms with Crippen molar-refractivity contribution in [2.45, 2.75) is 26.9 Å². The minimum absolute atomic E-state index is 0.684. The Kier molecular flexibility index (Phi) is 4.39. The van der Waals surface area contributed by atoms with Crippen LogP contribution in [-0.2, 0) is 13.1 Å². The van der Waals surface area contributed by atoms with Gasteiger partial charge in [-0.25, -0.2) is 9.97 Å². The van der Waals surface area contributed by atoms with Crippen LogP contribution in [0.4, 0.5) is 5.69 Å². The van der Waals surface area contributed by atoms with Gasteiger partial charge in [0, 0.05) is 17.8 Å². The lowest BCUT2D eigenvalue weighted by molar-refractivity contribution is 0.824. The van der Waals surface area contributed by atoms with E-state index in [2.05, 4.69) is 44.7 Å². The summed E-state index contributed by atoms with van der Waals surface area (Å²) in [6, 6.07) is 10.1. The van der Waals surface area contributed by atoms with E-state index in [4.69, 9.17) is 11.6 Å². The molecule has 132 valence electrons. The summed E-state index contributed by atoms with van der Waals surface area (Å²) < 4.78 is 2.17. The molecule has 6 heteroatoms. The van der Waals surface area contributed by atoms with Gasteiger partial charge in [0.2, 0.25) is 0 Å². The highest BCUT2D eigenvalue weighted by atomic mass is 35.5. The fraction of sp³-hybridized carbons (Fsp3) is 0.200. The number of imidazole rings is 2. The number of H-pyrrole nitrogens is 1. The van der Waals surface area contributed by atoms with Gasteiger partial charge in [-0.1, -0.05) is 23.7 Å². The second-order valence-corrected chi connectivity index (χ2v) is 6.93. The van der Waals surface area contributed by atoms with Gasteiger partial charge in [-0.3, -0.25) is 0 Å². The zero-order chi connectivity index (χ0) is 18.1. The Bertz CT molecular complexity index is 1030. The predicted octanol–water partition coefficient (Wildman–Crippen LogP) is 4.69. The summed E-state index contributed by atoms with van der Waals surface area (Å²) in [6.07, 6.45) is 5.42. The molecule has 2 heterocycles. The van der Waals surface area contributed by atoms with E-state index in [1.54, 1.807) is 6.33 Å². The van der Waals surface area contributed by atoms with Crippen LogP contribution in [0.3, 0.4) is 0 Å². The van der Waals surface area contributed by atoms with E-state index in [1.807, 2.05) is 36.8 Å². The number of nitrogens with one attached hydrogen (secondary N) is 2. The van der Waals surface area contributed by atoms with Gasteiger partial charge in [0.1, 0.15) is 5.52 Å². The lowest BCUT2D eigenvalue weighted by atomic mass is 10.1. The summed E-state index contributed by atoms with van der Waals surface area (Å²) in [4.78, 5) is 11.9.